The third-order valence-electron chi connectivity index (χ3n) is 3.10. The first-order chi connectivity index (χ1) is 8.27. The number of rotatable bonds is 5. The van der Waals surface area contributed by atoms with Crippen molar-refractivity contribution in [1.29, 1.82) is 0 Å². The van der Waals surface area contributed by atoms with Crippen LogP contribution in [0.25, 0.3) is 0 Å². The van der Waals surface area contributed by atoms with Crippen LogP contribution in [-0.4, -0.2) is 14.5 Å². The van der Waals surface area contributed by atoms with E-state index in [1.807, 2.05) is 27.7 Å². The second-order valence-electron chi connectivity index (χ2n) is 4.87. The maximum Gasteiger partial charge on any atom is 0.241 e. The Balaban J connectivity index is 3.15. The van der Waals surface area contributed by atoms with Gasteiger partial charge >= 0.3 is 0 Å². The van der Waals surface area contributed by atoms with Gasteiger partial charge in [-0.3, -0.25) is 0 Å². The van der Waals surface area contributed by atoms with E-state index in [-0.39, 0.29) is 16.9 Å². The fraction of sp³-hybridized carbons (Fsp3) is 0.538. The third-order valence-corrected chi connectivity index (χ3v) is 4.74. The predicted molar refractivity (Wildman–Crippen MR) is 74.9 cm³/mol. The Kier molecular flexibility index (Phi) is 4.76. The number of sulfonamides is 1. The molecule has 0 aliphatic carbocycles. The Morgan fingerprint density at radius 2 is 1.89 bits per heavy atom. The summed E-state index contributed by atoms with van der Waals surface area (Å²) in [6.45, 7) is 7.75. The van der Waals surface area contributed by atoms with E-state index in [1.54, 1.807) is 12.1 Å². The highest BCUT2D eigenvalue weighted by Gasteiger charge is 2.21. The molecule has 0 aliphatic heterocycles. The SMILES string of the molecule is CCc1ccc(N)cc1S(=O)(=O)NC(C)C(C)C. The molecule has 4 nitrogen and oxygen atoms in total. The molecule has 0 saturated carbocycles. The Labute approximate surface area is 110 Å². The van der Waals surface area contributed by atoms with Crippen LogP contribution >= 0.6 is 0 Å². The van der Waals surface area contributed by atoms with E-state index in [1.165, 1.54) is 6.07 Å². The lowest BCUT2D eigenvalue weighted by Crippen LogP contribution is -2.36. The summed E-state index contributed by atoms with van der Waals surface area (Å²) in [6, 6.07) is 4.91. The van der Waals surface area contributed by atoms with Gasteiger partial charge in [-0.25, -0.2) is 13.1 Å². The van der Waals surface area contributed by atoms with Crippen molar-refractivity contribution < 1.29 is 8.42 Å². The monoisotopic (exact) mass is 270 g/mol. The molecular formula is C13H22N2O2S. The van der Waals surface area contributed by atoms with Gasteiger partial charge in [0.1, 0.15) is 0 Å². The minimum Gasteiger partial charge on any atom is -0.399 e. The standard InChI is InChI=1S/C13H22N2O2S/c1-5-11-6-7-12(14)8-13(11)18(16,17)15-10(4)9(2)3/h6-10,15H,5,14H2,1-4H3. The molecule has 0 bridgehead atoms. The molecule has 0 heterocycles. The van der Waals surface area contributed by atoms with Gasteiger partial charge in [-0.1, -0.05) is 26.8 Å². The number of nitrogens with two attached hydrogens (primary N) is 1. The van der Waals surface area contributed by atoms with E-state index >= 15 is 0 Å². The normalized spacial score (nSPS) is 13.8. The largest absolute Gasteiger partial charge is 0.399 e. The minimum absolute atomic E-state index is 0.110. The Bertz CT molecular complexity index is 510. The number of aryl methyl sites for hydroxylation is 1. The first-order valence-corrected chi connectivity index (χ1v) is 7.67. The van der Waals surface area contributed by atoms with Gasteiger partial charge in [0.2, 0.25) is 10.0 Å². The molecular weight excluding hydrogens is 248 g/mol. The summed E-state index contributed by atoms with van der Waals surface area (Å²) in [4.78, 5) is 0.289. The molecule has 1 unspecified atom stereocenters. The predicted octanol–water partition coefficient (Wildman–Crippen LogP) is 2.15. The second kappa shape index (κ2) is 5.71. The summed E-state index contributed by atoms with van der Waals surface area (Å²) in [5.74, 6) is 0.242. The third kappa shape index (κ3) is 3.46. The molecule has 3 N–H and O–H groups in total. The molecule has 0 saturated heterocycles. The summed E-state index contributed by atoms with van der Waals surface area (Å²) in [6.07, 6.45) is 0.659. The van der Waals surface area contributed by atoms with Crippen LogP contribution < -0.4 is 10.5 Å². The van der Waals surface area contributed by atoms with Gasteiger partial charge in [0.05, 0.1) is 4.90 Å². The van der Waals surface area contributed by atoms with Crippen LogP contribution in [0.3, 0.4) is 0 Å². The second-order valence-corrected chi connectivity index (χ2v) is 6.56. The highest BCUT2D eigenvalue weighted by atomic mass is 32.2. The first-order valence-electron chi connectivity index (χ1n) is 6.18. The van der Waals surface area contributed by atoms with E-state index in [9.17, 15) is 8.42 Å². The topological polar surface area (TPSA) is 72.2 Å². The maximum absolute atomic E-state index is 12.3. The molecule has 1 aromatic carbocycles. The van der Waals surface area contributed by atoms with Crippen molar-refractivity contribution in [1.82, 2.24) is 4.72 Å². The van der Waals surface area contributed by atoms with Crippen molar-refractivity contribution in [3.8, 4) is 0 Å². The smallest absolute Gasteiger partial charge is 0.241 e. The van der Waals surface area contributed by atoms with Crippen molar-refractivity contribution in [2.45, 2.75) is 45.1 Å². The molecule has 0 fully saturated rings. The number of benzene rings is 1. The highest BCUT2D eigenvalue weighted by Crippen LogP contribution is 2.20. The number of hydrogen-bond donors (Lipinski definition) is 2. The molecule has 0 amide bonds. The van der Waals surface area contributed by atoms with Crippen molar-refractivity contribution >= 4 is 15.7 Å². The Morgan fingerprint density at radius 1 is 1.28 bits per heavy atom. The number of nitrogen functional groups attached to an aromatic ring is 1. The van der Waals surface area contributed by atoms with Gasteiger partial charge in [0.25, 0.3) is 0 Å². The van der Waals surface area contributed by atoms with Crippen LogP contribution in [0.15, 0.2) is 23.1 Å². The Morgan fingerprint density at radius 3 is 2.39 bits per heavy atom. The molecule has 1 atom stereocenters. The van der Waals surface area contributed by atoms with Gasteiger partial charge in [-0.15, -0.1) is 0 Å². The number of hydrogen-bond acceptors (Lipinski definition) is 3. The number of anilines is 1. The zero-order valence-corrected chi connectivity index (χ0v) is 12.2. The van der Waals surface area contributed by atoms with Crippen molar-refractivity contribution in [3.63, 3.8) is 0 Å². The van der Waals surface area contributed by atoms with Gasteiger partial charge in [0.15, 0.2) is 0 Å². The molecule has 0 aliphatic rings. The average molecular weight is 270 g/mol. The van der Waals surface area contributed by atoms with E-state index in [0.717, 1.165) is 5.56 Å². The van der Waals surface area contributed by atoms with Crippen LogP contribution in [0.2, 0.25) is 0 Å². The van der Waals surface area contributed by atoms with E-state index in [4.69, 9.17) is 5.73 Å². The summed E-state index contributed by atoms with van der Waals surface area (Å²) in [7, 11) is -3.50. The fourth-order valence-corrected chi connectivity index (χ4v) is 3.30. The van der Waals surface area contributed by atoms with E-state index < -0.39 is 10.0 Å². The summed E-state index contributed by atoms with van der Waals surface area (Å²) < 4.78 is 27.3. The average Bonchev–Trinajstić information content (AvgIpc) is 2.28. The Hall–Kier alpha value is -1.07. The van der Waals surface area contributed by atoms with Crippen LogP contribution in [0.5, 0.6) is 0 Å². The van der Waals surface area contributed by atoms with Crippen LogP contribution in [-0.2, 0) is 16.4 Å². The molecule has 0 spiro atoms. The zero-order chi connectivity index (χ0) is 13.9. The van der Waals surface area contributed by atoms with E-state index in [0.29, 0.717) is 12.1 Å². The van der Waals surface area contributed by atoms with Crippen molar-refractivity contribution in [2.24, 2.45) is 5.92 Å². The lowest BCUT2D eigenvalue weighted by atomic mass is 10.1. The van der Waals surface area contributed by atoms with Crippen molar-refractivity contribution in [3.05, 3.63) is 23.8 Å². The molecule has 0 aromatic heterocycles. The molecule has 1 rings (SSSR count). The summed E-state index contributed by atoms with van der Waals surface area (Å²) >= 11 is 0. The molecule has 18 heavy (non-hydrogen) atoms. The quantitative estimate of drug-likeness (QED) is 0.805. The van der Waals surface area contributed by atoms with Gasteiger partial charge in [0, 0.05) is 11.7 Å². The highest BCUT2D eigenvalue weighted by molar-refractivity contribution is 7.89. The fourth-order valence-electron chi connectivity index (χ4n) is 1.56. The summed E-state index contributed by atoms with van der Waals surface area (Å²) in [5.41, 5.74) is 6.92. The molecule has 1 aromatic rings. The molecule has 102 valence electrons. The van der Waals surface area contributed by atoms with Gasteiger partial charge in [-0.2, -0.15) is 0 Å². The van der Waals surface area contributed by atoms with Crippen LogP contribution in [0, 0.1) is 5.92 Å². The van der Waals surface area contributed by atoms with E-state index in [2.05, 4.69) is 4.72 Å². The summed E-state index contributed by atoms with van der Waals surface area (Å²) in [5, 5.41) is 0. The van der Waals surface area contributed by atoms with Gasteiger partial charge < -0.3 is 5.73 Å². The zero-order valence-electron chi connectivity index (χ0n) is 11.4. The minimum atomic E-state index is -3.50. The first kappa shape index (κ1) is 15.0. The molecule has 0 radical (unpaired) electrons. The van der Waals surface area contributed by atoms with Crippen LogP contribution in [0.1, 0.15) is 33.3 Å². The molecule has 5 heteroatoms. The van der Waals surface area contributed by atoms with Crippen molar-refractivity contribution in [2.75, 3.05) is 5.73 Å². The maximum atomic E-state index is 12.3. The van der Waals surface area contributed by atoms with Crippen LogP contribution in [0.4, 0.5) is 5.69 Å². The lowest BCUT2D eigenvalue weighted by Gasteiger charge is -2.19. The lowest BCUT2D eigenvalue weighted by molar-refractivity contribution is 0.476. The van der Waals surface area contributed by atoms with Gasteiger partial charge in [-0.05, 0) is 37.0 Å². The number of nitrogens with one attached hydrogen (secondary N) is 1.